The van der Waals surface area contributed by atoms with E-state index in [2.05, 4.69) is 44.1 Å². The van der Waals surface area contributed by atoms with Gasteiger partial charge in [-0.2, -0.15) is 5.10 Å². The number of carbonyl (C=O) groups excluding carboxylic acids is 1. The van der Waals surface area contributed by atoms with E-state index in [9.17, 15) is 9.59 Å². The third kappa shape index (κ3) is 3.72. The Morgan fingerprint density at radius 3 is 2.89 bits per heavy atom. The second kappa shape index (κ2) is 7.85. The minimum absolute atomic E-state index is 0.106. The number of nitrogens with zero attached hydrogens (tertiary/aromatic N) is 5. The van der Waals surface area contributed by atoms with Crippen LogP contribution in [0.5, 0.6) is 5.88 Å². The molecule has 35 heavy (non-hydrogen) atoms. The standard InChI is InChI=1S/C24H23N7O3S/c1-24(2)11-30(12-24)10-17(32)27-13-7-15-19(26-8-13)20-18(21(33)28-15)23-31(29-20)9-16(35-23)14-5-4-6-25-22(14)34-3/h4-9H,10-12H2,1-3H3,(H,27,32)(H,28,33). The number of likely N-dealkylation sites (tertiary alicyclic amines) is 1. The first-order valence-electron chi connectivity index (χ1n) is 11.2. The van der Waals surface area contributed by atoms with Gasteiger partial charge in [-0.05, 0) is 23.6 Å². The van der Waals surface area contributed by atoms with E-state index >= 15 is 0 Å². The lowest BCUT2D eigenvalue weighted by Gasteiger charge is -2.45. The van der Waals surface area contributed by atoms with E-state index < -0.39 is 0 Å². The van der Waals surface area contributed by atoms with E-state index in [1.807, 2.05) is 18.3 Å². The van der Waals surface area contributed by atoms with Crippen molar-refractivity contribution in [3.8, 4) is 16.3 Å². The molecule has 11 heteroatoms. The highest BCUT2D eigenvalue weighted by atomic mass is 32.1. The number of carbonyl (C=O) groups is 1. The number of hydrogen-bond acceptors (Lipinski definition) is 8. The summed E-state index contributed by atoms with van der Waals surface area (Å²) in [4.78, 5) is 40.9. The molecule has 0 radical (unpaired) electrons. The van der Waals surface area contributed by atoms with Crippen molar-refractivity contribution in [1.82, 2.24) is 29.5 Å². The molecule has 1 aliphatic heterocycles. The molecule has 1 fully saturated rings. The molecule has 178 valence electrons. The van der Waals surface area contributed by atoms with Gasteiger partial charge in [0.05, 0.1) is 41.5 Å². The van der Waals surface area contributed by atoms with Gasteiger partial charge in [0.15, 0.2) is 0 Å². The van der Waals surface area contributed by atoms with Gasteiger partial charge in [0.25, 0.3) is 5.56 Å². The number of rotatable bonds is 5. The second-order valence-corrected chi connectivity index (χ2v) is 10.6. The quantitative estimate of drug-likeness (QED) is 0.389. The lowest BCUT2D eigenvalue weighted by molar-refractivity contribution is -0.120. The molecule has 1 amide bonds. The zero-order valence-electron chi connectivity index (χ0n) is 19.5. The average molecular weight is 490 g/mol. The number of ether oxygens (including phenoxy) is 1. The molecule has 0 atom stereocenters. The number of fused-ring (bicyclic) bond motifs is 5. The average Bonchev–Trinajstić information content (AvgIpc) is 3.36. The molecule has 1 aliphatic rings. The van der Waals surface area contributed by atoms with Crippen molar-refractivity contribution >= 4 is 49.7 Å². The Labute approximate surface area is 203 Å². The fourth-order valence-corrected chi connectivity index (χ4v) is 5.87. The van der Waals surface area contributed by atoms with Gasteiger partial charge in [0.1, 0.15) is 21.3 Å². The van der Waals surface area contributed by atoms with E-state index in [0.717, 1.165) is 23.5 Å². The predicted molar refractivity (Wildman–Crippen MR) is 135 cm³/mol. The topological polar surface area (TPSA) is 118 Å². The van der Waals surface area contributed by atoms with Crippen molar-refractivity contribution in [2.45, 2.75) is 13.8 Å². The molecule has 0 bridgehead atoms. The number of methoxy groups -OCH3 is 1. The highest BCUT2D eigenvalue weighted by molar-refractivity contribution is 7.21. The summed E-state index contributed by atoms with van der Waals surface area (Å²) in [5.74, 6) is 0.403. The summed E-state index contributed by atoms with van der Waals surface area (Å²) >= 11 is 1.43. The maximum Gasteiger partial charge on any atom is 0.261 e. The van der Waals surface area contributed by atoms with Crippen molar-refractivity contribution in [2.75, 3.05) is 32.1 Å². The van der Waals surface area contributed by atoms with Crippen LogP contribution in [0.15, 0.2) is 41.6 Å². The number of pyridine rings is 3. The van der Waals surface area contributed by atoms with Crippen LogP contribution in [0, 0.1) is 5.41 Å². The van der Waals surface area contributed by atoms with E-state index in [1.165, 1.54) is 11.3 Å². The first kappa shape index (κ1) is 21.7. The highest BCUT2D eigenvalue weighted by Gasteiger charge is 2.34. The molecule has 6 rings (SSSR count). The number of hydrogen-bond donors (Lipinski definition) is 2. The van der Waals surface area contributed by atoms with Crippen LogP contribution < -0.4 is 15.6 Å². The summed E-state index contributed by atoms with van der Waals surface area (Å²) in [5.41, 5.74) is 2.96. The van der Waals surface area contributed by atoms with Crippen LogP contribution in [0.2, 0.25) is 0 Å². The first-order valence-corrected chi connectivity index (χ1v) is 12.0. The first-order chi connectivity index (χ1) is 16.8. The number of nitrogens with one attached hydrogen (secondary N) is 2. The van der Waals surface area contributed by atoms with Gasteiger partial charge in [-0.15, -0.1) is 11.3 Å². The highest BCUT2D eigenvalue weighted by Crippen LogP contribution is 2.36. The SMILES string of the molecule is COc1ncccc1-c1cn2nc3c4ncc(NC(=O)CN5CC(C)(C)C5)cc4[nH]c(=O)c3c2s1. The van der Waals surface area contributed by atoms with Crippen molar-refractivity contribution < 1.29 is 9.53 Å². The van der Waals surface area contributed by atoms with Gasteiger partial charge in [-0.3, -0.25) is 19.5 Å². The molecule has 0 aliphatic carbocycles. The van der Waals surface area contributed by atoms with Gasteiger partial charge in [0, 0.05) is 25.5 Å². The van der Waals surface area contributed by atoms with Crippen LogP contribution in [-0.2, 0) is 4.79 Å². The summed E-state index contributed by atoms with van der Waals surface area (Å²) in [6.45, 7) is 6.49. The molecular formula is C24H23N7O3S. The van der Waals surface area contributed by atoms with Crippen molar-refractivity contribution in [3.05, 3.63) is 47.1 Å². The minimum Gasteiger partial charge on any atom is -0.481 e. The Kier molecular flexibility index (Phi) is 4.87. The van der Waals surface area contributed by atoms with Gasteiger partial charge in [-0.25, -0.2) is 9.50 Å². The summed E-state index contributed by atoms with van der Waals surface area (Å²) in [6.07, 6.45) is 5.12. The third-order valence-electron chi connectivity index (χ3n) is 6.08. The smallest absolute Gasteiger partial charge is 0.261 e. The molecule has 1 saturated heterocycles. The van der Waals surface area contributed by atoms with Crippen LogP contribution in [0.1, 0.15) is 13.8 Å². The maximum atomic E-state index is 13.1. The number of thiazole rings is 1. The largest absolute Gasteiger partial charge is 0.481 e. The monoisotopic (exact) mass is 489 g/mol. The van der Waals surface area contributed by atoms with Gasteiger partial charge in [-0.1, -0.05) is 13.8 Å². The van der Waals surface area contributed by atoms with Gasteiger partial charge >= 0.3 is 0 Å². The normalized spacial score (nSPS) is 15.5. The molecular weight excluding hydrogens is 466 g/mol. The van der Waals surface area contributed by atoms with Crippen LogP contribution in [-0.4, -0.2) is 62.1 Å². The number of aromatic amines is 1. The Bertz CT molecular complexity index is 1680. The number of amides is 1. The van der Waals surface area contributed by atoms with E-state index in [0.29, 0.717) is 44.9 Å². The van der Waals surface area contributed by atoms with Gasteiger partial charge < -0.3 is 15.0 Å². The van der Waals surface area contributed by atoms with E-state index in [1.54, 1.807) is 30.1 Å². The number of aromatic nitrogens is 5. The molecule has 0 saturated carbocycles. The molecule has 5 aromatic rings. The molecule has 0 spiro atoms. The van der Waals surface area contributed by atoms with Crippen LogP contribution in [0.25, 0.3) is 37.2 Å². The second-order valence-electron chi connectivity index (χ2n) is 9.56. The molecule has 10 nitrogen and oxygen atoms in total. The number of anilines is 1. The van der Waals surface area contributed by atoms with Crippen LogP contribution >= 0.6 is 11.3 Å². The maximum absolute atomic E-state index is 13.1. The van der Waals surface area contributed by atoms with Crippen molar-refractivity contribution in [2.24, 2.45) is 5.41 Å². The lowest BCUT2D eigenvalue weighted by Crippen LogP contribution is -2.54. The minimum atomic E-state index is -0.262. The Hall–Kier alpha value is -3.83. The predicted octanol–water partition coefficient (Wildman–Crippen LogP) is 3.14. The van der Waals surface area contributed by atoms with Crippen molar-refractivity contribution in [1.29, 1.82) is 0 Å². The molecule has 0 unspecified atom stereocenters. The Balaban J connectivity index is 1.34. The van der Waals surface area contributed by atoms with E-state index in [4.69, 9.17) is 4.74 Å². The Morgan fingerprint density at radius 2 is 2.11 bits per heavy atom. The van der Waals surface area contributed by atoms with Crippen LogP contribution in [0.4, 0.5) is 5.69 Å². The molecule has 2 N–H and O–H groups in total. The summed E-state index contributed by atoms with van der Waals surface area (Å²) in [5, 5.41) is 8.01. The van der Waals surface area contributed by atoms with Gasteiger partial charge in [0.2, 0.25) is 11.8 Å². The molecule has 0 aromatic carbocycles. The lowest BCUT2D eigenvalue weighted by atomic mass is 9.84. The number of H-pyrrole nitrogens is 1. The van der Waals surface area contributed by atoms with Crippen molar-refractivity contribution in [3.63, 3.8) is 0 Å². The summed E-state index contributed by atoms with van der Waals surface area (Å²) < 4.78 is 7.07. The third-order valence-corrected chi connectivity index (χ3v) is 7.21. The zero-order chi connectivity index (χ0) is 24.3. The fourth-order valence-electron chi connectivity index (χ4n) is 4.76. The summed E-state index contributed by atoms with van der Waals surface area (Å²) in [7, 11) is 1.57. The molecule has 5 aromatic heterocycles. The van der Waals surface area contributed by atoms with Crippen LogP contribution in [0.3, 0.4) is 0 Å². The Morgan fingerprint density at radius 1 is 1.29 bits per heavy atom. The zero-order valence-corrected chi connectivity index (χ0v) is 20.3. The fraction of sp³-hybridized carbons (Fsp3) is 0.292. The summed E-state index contributed by atoms with van der Waals surface area (Å²) in [6, 6.07) is 5.48. The van der Waals surface area contributed by atoms with E-state index in [-0.39, 0.29) is 16.9 Å². The molecule has 6 heterocycles.